The molecule has 0 bridgehead atoms. The zero-order valence-corrected chi connectivity index (χ0v) is 13.5. The van der Waals surface area contributed by atoms with Crippen LogP contribution in [0.5, 0.6) is 0 Å². The van der Waals surface area contributed by atoms with Crippen molar-refractivity contribution in [3.63, 3.8) is 0 Å². The zero-order valence-electron chi connectivity index (χ0n) is 13.5. The number of benzene rings is 1. The Hall–Kier alpha value is -0.860. The van der Waals surface area contributed by atoms with Crippen LogP contribution in [0.15, 0.2) is 12.1 Å². The standard InChI is InChI=1S/C17H30N2/c1-7-16(10-18-5)11-19(6)12-17-14(3)8-13(2)9-15(17)4/h8-9,16,18H,7,10-12H2,1-6H3. The van der Waals surface area contributed by atoms with Gasteiger partial charge in [0, 0.05) is 13.1 Å². The van der Waals surface area contributed by atoms with Gasteiger partial charge in [-0.05, 0) is 64.0 Å². The van der Waals surface area contributed by atoms with E-state index in [1.807, 2.05) is 7.05 Å². The Morgan fingerprint density at radius 3 is 2.21 bits per heavy atom. The average molecular weight is 262 g/mol. The molecule has 1 unspecified atom stereocenters. The first-order valence-electron chi connectivity index (χ1n) is 7.37. The smallest absolute Gasteiger partial charge is 0.0236 e. The summed E-state index contributed by atoms with van der Waals surface area (Å²) in [5.74, 6) is 0.737. The van der Waals surface area contributed by atoms with E-state index in [4.69, 9.17) is 0 Å². The molecule has 1 aromatic carbocycles. The van der Waals surface area contributed by atoms with Gasteiger partial charge in [0.1, 0.15) is 0 Å². The van der Waals surface area contributed by atoms with Crippen molar-refractivity contribution >= 4 is 0 Å². The van der Waals surface area contributed by atoms with Gasteiger partial charge in [-0.15, -0.1) is 0 Å². The molecule has 0 fully saturated rings. The Kier molecular flexibility index (Phi) is 6.53. The Labute approximate surface area is 119 Å². The predicted molar refractivity (Wildman–Crippen MR) is 84.7 cm³/mol. The largest absolute Gasteiger partial charge is 0.319 e. The van der Waals surface area contributed by atoms with Gasteiger partial charge in [-0.25, -0.2) is 0 Å². The molecule has 1 rings (SSSR count). The predicted octanol–water partition coefficient (Wildman–Crippen LogP) is 3.29. The summed E-state index contributed by atoms with van der Waals surface area (Å²) in [6.07, 6.45) is 1.23. The first-order valence-corrected chi connectivity index (χ1v) is 7.37. The number of nitrogens with one attached hydrogen (secondary N) is 1. The molecule has 108 valence electrons. The van der Waals surface area contributed by atoms with Crippen LogP contribution in [-0.2, 0) is 6.54 Å². The molecular weight excluding hydrogens is 232 g/mol. The van der Waals surface area contributed by atoms with Crippen LogP contribution in [0.4, 0.5) is 0 Å². The molecular formula is C17H30N2. The van der Waals surface area contributed by atoms with E-state index in [9.17, 15) is 0 Å². The fraction of sp³-hybridized carbons (Fsp3) is 0.647. The number of rotatable bonds is 7. The molecule has 0 aliphatic rings. The number of nitrogens with zero attached hydrogens (tertiary/aromatic N) is 1. The van der Waals surface area contributed by atoms with Crippen molar-refractivity contribution in [1.29, 1.82) is 0 Å². The van der Waals surface area contributed by atoms with E-state index in [0.29, 0.717) is 0 Å². The maximum absolute atomic E-state index is 3.29. The third-order valence-electron chi connectivity index (χ3n) is 3.91. The number of hydrogen-bond donors (Lipinski definition) is 1. The van der Waals surface area contributed by atoms with E-state index in [-0.39, 0.29) is 0 Å². The van der Waals surface area contributed by atoms with Crippen molar-refractivity contribution in [2.75, 3.05) is 27.2 Å². The van der Waals surface area contributed by atoms with Crippen LogP contribution >= 0.6 is 0 Å². The first-order chi connectivity index (χ1) is 8.97. The fourth-order valence-electron chi connectivity index (χ4n) is 2.86. The second-order valence-corrected chi connectivity index (χ2v) is 5.91. The summed E-state index contributed by atoms with van der Waals surface area (Å²) in [7, 11) is 4.27. The lowest BCUT2D eigenvalue weighted by atomic mass is 9.99. The molecule has 0 radical (unpaired) electrons. The molecule has 0 saturated heterocycles. The second kappa shape index (κ2) is 7.66. The third-order valence-corrected chi connectivity index (χ3v) is 3.91. The summed E-state index contributed by atoms with van der Waals surface area (Å²) in [4.78, 5) is 2.45. The highest BCUT2D eigenvalue weighted by molar-refractivity contribution is 5.37. The molecule has 0 heterocycles. The second-order valence-electron chi connectivity index (χ2n) is 5.91. The molecule has 19 heavy (non-hydrogen) atoms. The Morgan fingerprint density at radius 2 is 1.74 bits per heavy atom. The van der Waals surface area contributed by atoms with Crippen LogP contribution < -0.4 is 5.32 Å². The molecule has 0 aliphatic carbocycles. The SMILES string of the molecule is CCC(CNC)CN(C)Cc1c(C)cc(C)cc1C. The van der Waals surface area contributed by atoms with Crippen LogP contribution in [0, 0.1) is 26.7 Å². The summed E-state index contributed by atoms with van der Waals surface area (Å²) < 4.78 is 0. The van der Waals surface area contributed by atoms with Gasteiger partial charge in [-0.1, -0.05) is 31.0 Å². The van der Waals surface area contributed by atoms with E-state index < -0.39 is 0 Å². The van der Waals surface area contributed by atoms with E-state index in [1.54, 1.807) is 0 Å². The van der Waals surface area contributed by atoms with Crippen molar-refractivity contribution in [1.82, 2.24) is 10.2 Å². The maximum atomic E-state index is 3.29. The van der Waals surface area contributed by atoms with Crippen molar-refractivity contribution in [2.24, 2.45) is 5.92 Å². The molecule has 0 aliphatic heterocycles. The van der Waals surface area contributed by atoms with Gasteiger partial charge in [0.25, 0.3) is 0 Å². The van der Waals surface area contributed by atoms with E-state index >= 15 is 0 Å². The molecule has 1 N–H and O–H groups in total. The lowest BCUT2D eigenvalue weighted by molar-refractivity contribution is 0.261. The summed E-state index contributed by atoms with van der Waals surface area (Å²) in [5.41, 5.74) is 5.70. The van der Waals surface area contributed by atoms with E-state index in [1.165, 1.54) is 28.7 Å². The highest BCUT2D eigenvalue weighted by Crippen LogP contribution is 2.18. The third kappa shape index (κ3) is 4.96. The summed E-state index contributed by atoms with van der Waals surface area (Å²) in [5, 5.41) is 3.29. The first kappa shape index (κ1) is 16.2. The van der Waals surface area contributed by atoms with Crippen LogP contribution in [0.3, 0.4) is 0 Å². The van der Waals surface area contributed by atoms with Gasteiger partial charge < -0.3 is 10.2 Å². The lowest BCUT2D eigenvalue weighted by Gasteiger charge is -2.24. The minimum atomic E-state index is 0.737. The minimum absolute atomic E-state index is 0.737. The average Bonchev–Trinajstić information content (AvgIpc) is 2.33. The van der Waals surface area contributed by atoms with Crippen molar-refractivity contribution in [3.05, 3.63) is 34.4 Å². The molecule has 0 saturated carbocycles. The van der Waals surface area contributed by atoms with Crippen LogP contribution in [0.1, 0.15) is 35.6 Å². The van der Waals surface area contributed by atoms with Crippen LogP contribution in [0.2, 0.25) is 0 Å². The molecule has 1 atom stereocenters. The van der Waals surface area contributed by atoms with E-state index in [0.717, 1.165) is 25.6 Å². The Bertz CT molecular complexity index is 375. The minimum Gasteiger partial charge on any atom is -0.319 e. The number of aryl methyl sites for hydroxylation is 3. The highest BCUT2D eigenvalue weighted by Gasteiger charge is 2.11. The molecule has 0 amide bonds. The van der Waals surface area contributed by atoms with Crippen LogP contribution in [0.25, 0.3) is 0 Å². The Balaban J connectivity index is 2.69. The molecule has 2 nitrogen and oxygen atoms in total. The Morgan fingerprint density at radius 1 is 1.16 bits per heavy atom. The molecule has 1 aromatic rings. The van der Waals surface area contributed by atoms with Gasteiger partial charge in [-0.2, -0.15) is 0 Å². The van der Waals surface area contributed by atoms with Gasteiger partial charge in [0.15, 0.2) is 0 Å². The van der Waals surface area contributed by atoms with Gasteiger partial charge in [0.05, 0.1) is 0 Å². The quantitative estimate of drug-likeness (QED) is 0.811. The zero-order chi connectivity index (χ0) is 14.4. The summed E-state index contributed by atoms with van der Waals surface area (Å²) in [6, 6.07) is 4.59. The molecule has 0 spiro atoms. The normalized spacial score (nSPS) is 13.0. The summed E-state index contributed by atoms with van der Waals surface area (Å²) in [6.45, 7) is 12.2. The van der Waals surface area contributed by atoms with Gasteiger partial charge in [0.2, 0.25) is 0 Å². The van der Waals surface area contributed by atoms with Crippen LogP contribution in [-0.4, -0.2) is 32.1 Å². The van der Waals surface area contributed by atoms with E-state index in [2.05, 4.69) is 57.1 Å². The molecule has 0 aromatic heterocycles. The number of hydrogen-bond acceptors (Lipinski definition) is 2. The lowest BCUT2D eigenvalue weighted by Crippen LogP contribution is -2.31. The van der Waals surface area contributed by atoms with Crippen molar-refractivity contribution < 1.29 is 0 Å². The fourth-order valence-corrected chi connectivity index (χ4v) is 2.86. The highest BCUT2D eigenvalue weighted by atomic mass is 15.1. The van der Waals surface area contributed by atoms with Gasteiger partial charge >= 0.3 is 0 Å². The monoisotopic (exact) mass is 262 g/mol. The van der Waals surface area contributed by atoms with Gasteiger partial charge in [-0.3, -0.25) is 0 Å². The maximum Gasteiger partial charge on any atom is 0.0236 e. The topological polar surface area (TPSA) is 15.3 Å². The van der Waals surface area contributed by atoms with Crippen molar-refractivity contribution in [3.8, 4) is 0 Å². The molecule has 2 heteroatoms. The summed E-state index contributed by atoms with van der Waals surface area (Å²) >= 11 is 0. The van der Waals surface area contributed by atoms with Crippen molar-refractivity contribution in [2.45, 2.75) is 40.7 Å².